The highest BCUT2D eigenvalue weighted by atomic mass is 79.9. The number of para-hydroxylation sites is 1. The lowest BCUT2D eigenvalue weighted by Crippen LogP contribution is -2.01. The largest absolute Gasteiger partial charge is 0.493 e. The summed E-state index contributed by atoms with van der Waals surface area (Å²) in [4.78, 5) is 19.6. The molecule has 0 aliphatic carbocycles. The zero-order valence-electron chi connectivity index (χ0n) is 12.5. The molecule has 1 N–H and O–H groups in total. The molecule has 3 rings (SSSR count). The van der Waals surface area contributed by atoms with Gasteiger partial charge in [-0.15, -0.1) is 0 Å². The van der Waals surface area contributed by atoms with E-state index in [0.29, 0.717) is 23.5 Å². The van der Waals surface area contributed by atoms with Gasteiger partial charge in [-0.05, 0) is 36.4 Å². The van der Waals surface area contributed by atoms with E-state index < -0.39 is 5.97 Å². The summed E-state index contributed by atoms with van der Waals surface area (Å²) in [5.74, 6) is 1.11. The van der Waals surface area contributed by atoms with Crippen LogP contribution in [0.5, 0.6) is 5.75 Å². The third-order valence-corrected chi connectivity index (χ3v) is 3.72. The van der Waals surface area contributed by atoms with Gasteiger partial charge in [0, 0.05) is 10.9 Å². The van der Waals surface area contributed by atoms with Gasteiger partial charge in [-0.3, -0.25) is 0 Å². The lowest BCUT2D eigenvalue weighted by Gasteiger charge is -2.04. The molecule has 0 atom stereocenters. The maximum Gasteiger partial charge on any atom is 0.340 e. The van der Waals surface area contributed by atoms with Crippen LogP contribution < -0.4 is 4.74 Å². The predicted octanol–water partition coefficient (Wildman–Crippen LogP) is 3.79. The highest BCUT2D eigenvalue weighted by molar-refractivity contribution is 9.09. The molecule has 5 nitrogen and oxygen atoms in total. The number of esters is 1. The van der Waals surface area contributed by atoms with E-state index in [0.717, 1.165) is 22.2 Å². The zero-order valence-corrected chi connectivity index (χ0v) is 14.1. The molecule has 23 heavy (non-hydrogen) atoms. The normalized spacial score (nSPS) is 10.7. The average molecular weight is 375 g/mol. The van der Waals surface area contributed by atoms with E-state index in [2.05, 4.69) is 25.9 Å². The third-order valence-electron chi connectivity index (χ3n) is 3.39. The van der Waals surface area contributed by atoms with Crippen LogP contribution in [-0.4, -0.2) is 35.0 Å². The Morgan fingerprint density at radius 2 is 2.00 bits per heavy atom. The SMILES string of the molecule is COC(=O)c1cccc2[nH]c(-c3ccc(OCCBr)cc3)nc12. The van der Waals surface area contributed by atoms with Crippen molar-refractivity contribution in [3.8, 4) is 17.1 Å². The van der Waals surface area contributed by atoms with Crippen LogP contribution in [0.15, 0.2) is 42.5 Å². The Morgan fingerprint density at radius 3 is 2.70 bits per heavy atom. The van der Waals surface area contributed by atoms with Gasteiger partial charge >= 0.3 is 5.97 Å². The van der Waals surface area contributed by atoms with Crippen molar-refractivity contribution in [1.29, 1.82) is 0 Å². The summed E-state index contributed by atoms with van der Waals surface area (Å²) in [5, 5.41) is 0.786. The van der Waals surface area contributed by atoms with E-state index in [9.17, 15) is 4.79 Å². The molecule has 0 unspecified atom stereocenters. The second-order valence-corrected chi connectivity index (χ2v) is 5.63. The predicted molar refractivity (Wildman–Crippen MR) is 92.2 cm³/mol. The number of hydrogen-bond acceptors (Lipinski definition) is 4. The topological polar surface area (TPSA) is 64.2 Å². The highest BCUT2D eigenvalue weighted by Crippen LogP contribution is 2.25. The first-order valence-corrected chi connectivity index (χ1v) is 8.21. The maximum absolute atomic E-state index is 11.8. The number of imidazole rings is 1. The number of nitrogens with zero attached hydrogens (tertiary/aromatic N) is 1. The van der Waals surface area contributed by atoms with Crippen molar-refractivity contribution in [2.45, 2.75) is 0 Å². The van der Waals surface area contributed by atoms with Crippen LogP contribution in [0, 0.1) is 0 Å². The smallest absolute Gasteiger partial charge is 0.340 e. The fourth-order valence-corrected chi connectivity index (χ4v) is 2.47. The summed E-state index contributed by atoms with van der Waals surface area (Å²) in [6, 6.07) is 13.0. The summed E-state index contributed by atoms with van der Waals surface area (Å²) in [6.45, 7) is 0.618. The Bertz CT molecular complexity index is 827. The first-order valence-electron chi connectivity index (χ1n) is 7.09. The van der Waals surface area contributed by atoms with E-state index in [1.165, 1.54) is 7.11 Å². The van der Waals surface area contributed by atoms with Crippen LogP contribution in [0.2, 0.25) is 0 Å². The second kappa shape index (κ2) is 6.83. The number of alkyl halides is 1. The number of halogens is 1. The van der Waals surface area contributed by atoms with Crippen LogP contribution in [0.4, 0.5) is 0 Å². The van der Waals surface area contributed by atoms with Crippen molar-refractivity contribution in [3.05, 3.63) is 48.0 Å². The minimum atomic E-state index is -0.396. The van der Waals surface area contributed by atoms with Crippen LogP contribution in [-0.2, 0) is 4.74 Å². The van der Waals surface area contributed by atoms with Gasteiger partial charge in [-0.1, -0.05) is 22.0 Å². The number of H-pyrrole nitrogens is 1. The fourth-order valence-electron chi connectivity index (χ4n) is 2.31. The van der Waals surface area contributed by atoms with Gasteiger partial charge in [0.1, 0.15) is 17.1 Å². The van der Waals surface area contributed by atoms with Crippen LogP contribution in [0.3, 0.4) is 0 Å². The van der Waals surface area contributed by atoms with Gasteiger partial charge < -0.3 is 14.5 Å². The Balaban J connectivity index is 1.95. The van der Waals surface area contributed by atoms with Gasteiger partial charge in [0.15, 0.2) is 0 Å². The lowest BCUT2D eigenvalue weighted by atomic mass is 10.2. The van der Waals surface area contributed by atoms with Crippen molar-refractivity contribution in [2.24, 2.45) is 0 Å². The zero-order chi connectivity index (χ0) is 16.2. The quantitative estimate of drug-likeness (QED) is 0.544. The molecule has 2 aromatic carbocycles. The minimum absolute atomic E-state index is 0.396. The maximum atomic E-state index is 11.8. The highest BCUT2D eigenvalue weighted by Gasteiger charge is 2.14. The molecule has 0 spiro atoms. The van der Waals surface area contributed by atoms with Gasteiger partial charge in [-0.2, -0.15) is 0 Å². The molecule has 0 amide bonds. The van der Waals surface area contributed by atoms with Gasteiger partial charge in [0.2, 0.25) is 0 Å². The Kier molecular flexibility index (Phi) is 4.62. The number of rotatable bonds is 5. The lowest BCUT2D eigenvalue weighted by molar-refractivity contribution is 0.0603. The van der Waals surface area contributed by atoms with Crippen molar-refractivity contribution >= 4 is 32.9 Å². The van der Waals surface area contributed by atoms with Crippen molar-refractivity contribution in [1.82, 2.24) is 9.97 Å². The molecule has 1 heterocycles. The van der Waals surface area contributed by atoms with Crippen molar-refractivity contribution in [2.75, 3.05) is 19.0 Å². The van der Waals surface area contributed by atoms with E-state index in [1.54, 1.807) is 12.1 Å². The molecule has 0 fully saturated rings. The van der Waals surface area contributed by atoms with E-state index in [-0.39, 0.29) is 0 Å². The molecule has 3 aromatic rings. The number of benzene rings is 2. The number of nitrogens with one attached hydrogen (secondary N) is 1. The van der Waals surface area contributed by atoms with Crippen molar-refractivity contribution in [3.63, 3.8) is 0 Å². The molecule has 0 saturated carbocycles. The Hall–Kier alpha value is -2.34. The van der Waals surface area contributed by atoms with Crippen LogP contribution in [0.25, 0.3) is 22.4 Å². The Labute approximate surface area is 141 Å². The average Bonchev–Trinajstić information content (AvgIpc) is 3.03. The number of ether oxygens (including phenoxy) is 2. The molecule has 0 aliphatic rings. The van der Waals surface area contributed by atoms with E-state index in [1.807, 2.05) is 30.3 Å². The van der Waals surface area contributed by atoms with E-state index in [4.69, 9.17) is 9.47 Å². The molecule has 6 heteroatoms. The number of methoxy groups -OCH3 is 1. The molecule has 118 valence electrons. The fraction of sp³-hybridized carbons (Fsp3) is 0.176. The summed E-state index contributed by atoms with van der Waals surface area (Å²) in [6.07, 6.45) is 0. The molecule has 0 aliphatic heterocycles. The first kappa shape index (κ1) is 15.6. The number of aromatic amines is 1. The standard InChI is InChI=1S/C17H15BrN2O3/c1-22-17(21)13-3-2-4-14-15(13)20-16(19-14)11-5-7-12(8-6-11)23-10-9-18/h2-8H,9-10H2,1H3,(H,19,20). The monoisotopic (exact) mass is 374 g/mol. The molecule has 0 saturated heterocycles. The van der Waals surface area contributed by atoms with Gasteiger partial charge in [-0.25, -0.2) is 9.78 Å². The number of hydrogen-bond donors (Lipinski definition) is 1. The third kappa shape index (κ3) is 3.22. The van der Waals surface area contributed by atoms with E-state index >= 15 is 0 Å². The van der Waals surface area contributed by atoms with Gasteiger partial charge in [0.05, 0.1) is 24.8 Å². The Morgan fingerprint density at radius 1 is 1.22 bits per heavy atom. The molecular weight excluding hydrogens is 360 g/mol. The van der Waals surface area contributed by atoms with Gasteiger partial charge in [0.25, 0.3) is 0 Å². The number of aromatic nitrogens is 2. The van der Waals surface area contributed by atoms with Crippen LogP contribution >= 0.6 is 15.9 Å². The number of carbonyl (C=O) groups is 1. The minimum Gasteiger partial charge on any atom is -0.493 e. The summed E-state index contributed by atoms with van der Waals surface area (Å²) in [7, 11) is 1.36. The molecule has 1 aromatic heterocycles. The first-order chi connectivity index (χ1) is 11.2. The molecular formula is C17H15BrN2O3. The summed E-state index contributed by atoms with van der Waals surface area (Å²) in [5.41, 5.74) is 2.77. The molecule has 0 bridgehead atoms. The molecule has 0 radical (unpaired) electrons. The summed E-state index contributed by atoms with van der Waals surface area (Å²) >= 11 is 3.32. The number of carbonyl (C=O) groups excluding carboxylic acids is 1. The summed E-state index contributed by atoms with van der Waals surface area (Å²) < 4.78 is 10.3. The number of fused-ring (bicyclic) bond motifs is 1. The second-order valence-electron chi connectivity index (χ2n) is 4.84. The van der Waals surface area contributed by atoms with Crippen LogP contribution in [0.1, 0.15) is 10.4 Å². The van der Waals surface area contributed by atoms with Crippen molar-refractivity contribution < 1.29 is 14.3 Å².